The van der Waals surface area contributed by atoms with E-state index < -0.39 is 5.41 Å². The minimum Gasteiger partial charge on any atom is -0.369 e. The molecule has 0 rings (SSSR count). The molecule has 1 unspecified atom stereocenters. The molecule has 0 bridgehead atoms. The molecule has 3 heteroatoms. The molecule has 0 aliphatic heterocycles. The van der Waals surface area contributed by atoms with Crippen molar-refractivity contribution in [3.05, 3.63) is 0 Å². The molecular weight excluding hydrogens is 284 g/mol. The smallest absolute Gasteiger partial charge is 0.225 e. The number of nitrogens with two attached hydrogens (primary N) is 1. The van der Waals surface area contributed by atoms with Crippen LogP contribution in [0, 0.1) is 35.0 Å². The van der Waals surface area contributed by atoms with Gasteiger partial charge < -0.3 is 5.73 Å². The topological polar surface area (TPSA) is 46.3 Å². The van der Waals surface area contributed by atoms with E-state index in [0.29, 0.717) is 17.8 Å². The third-order valence-electron chi connectivity index (χ3n) is 5.05. The lowest BCUT2D eigenvalue weighted by Crippen LogP contribution is -2.62. The minimum absolute atomic E-state index is 0.140. The number of primary amides is 1. The minimum atomic E-state index is -0.502. The molecule has 23 heavy (non-hydrogen) atoms. The van der Waals surface area contributed by atoms with Crippen molar-refractivity contribution < 1.29 is 4.79 Å². The number of amides is 1. The second kappa shape index (κ2) is 9.05. The van der Waals surface area contributed by atoms with Crippen LogP contribution in [0.1, 0.15) is 69.2 Å². The summed E-state index contributed by atoms with van der Waals surface area (Å²) < 4.78 is 0. The fourth-order valence-electron chi connectivity index (χ4n) is 4.58. The first-order chi connectivity index (χ1) is 10.4. The van der Waals surface area contributed by atoms with E-state index in [-0.39, 0.29) is 23.8 Å². The van der Waals surface area contributed by atoms with Crippen molar-refractivity contribution in [3.63, 3.8) is 0 Å². The fraction of sp³-hybridized carbons (Fsp3) is 0.950. The quantitative estimate of drug-likeness (QED) is 0.646. The van der Waals surface area contributed by atoms with Gasteiger partial charge in [0.15, 0.2) is 0 Å². The highest BCUT2D eigenvalue weighted by Gasteiger charge is 2.52. The van der Waals surface area contributed by atoms with Crippen LogP contribution in [-0.2, 0) is 4.79 Å². The van der Waals surface area contributed by atoms with Gasteiger partial charge in [0.05, 0.1) is 5.41 Å². The zero-order valence-corrected chi connectivity index (χ0v) is 17.3. The van der Waals surface area contributed by atoms with Gasteiger partial charge in [0, 0.05) is 19.1 Å². The van der Waals surface area contributed by atoms with Gasteiger partial charge in [-0.3, -0.25) is 9.69 Å². The Kier molecular flexibility index (Phi) is 8.83. The summed E-state index contributed by atoms with van der Waals surface area (Å²) in [6.45, 7) is 24.1. The Balaban J connectivity index is 6.16. The summed E-state index contributed by atoms with van der Waals surface area (Å²) in [6.07, 6.45) is 0. The highest BCUT2D eigenvalue weighted by molar-refractivity contribution is 5.82. The normalized spacial score (nSPS) is 14.8. The molecule has 0 radical (unpaired) electrons. The molecule has 1 amide bonds. The van der Waals surface area contributed by atoms with Crippen LogP contribution in [0.25, 0.3) is 0 Å². The third kappa shape index (κ3) is 5.20. The van der Waals surface area contributed by atoms with Crippen molar-refractivity contribution in [2.24, 2.45) is 40.7 Å². The first-order valence-corrected chi connectivity index (χ1v) is 9.42. The van der Waals surface area contributed by atoms with Crippen LogP contribution in [0.4, 0.5) is 0 Å². The second-order valence-corrected chi connectivity index (χ2v) is 9.04. The van der Waals surface area contributed by atoms with Crippen LogP contribution in [0.2, 0.25) is 0 Å². The average molecular weight is 327 g/mol. The SMILES string of the molecule is CC(C)CN(CC(C)C)C(C(C)C)C(C(N)=O)(C(C)C)C(C)C. The molecule has 0 fully saturated rings. The zero-order chi connectivity index (χ0) is 18.5. The number of hydrogen-bond acceptors (Lipinski definition) is 2. The predicted molar refractivity (Wildman–Crippen MR) is 101 cm³/mol. The summed E-state index contributed by atoms with van der Waals surface area (Å²) in [5.74, 6) is 1.81. The molecule has 138 valence electrons. The number of rotatable bonds is 10. The lowest BCUT2D eigenvalue weighted by atomic mass is 9.60. The fourth-order valence-corrected chi connectivity index (χ4v) is 4.58. The summed E-state index contributed by atoms with van der Waals surface area (Å²) in [4.78, 5) is 15.3. The maximum Gasteiger partial charge on any atom is 0.225 e. The molecule has 0 spiro atoms. The Bertz CT molecular complexity index is 341. The maximum atomic E-state index is 12.7. The Morgan fingerprint density at radius 2 is 1.17 bits per heavy atom. The Morgan fingerprint density at radius 1 is 0.826 bits per heavy atom. The first-order valence-electron chi connectivity index (χ1n) is 9.42. The number of carbonyl (C=O) groups is 1. The van der Waals surface area contributed by atoms with Crippen LogP contribution in [0.15, 0.2) is 0 Å². The van der Waals surface area contributed by atoms with Gasteiger partial charge in [-0.25, -0.2) is 0 Å². The van der Waals surface area contributed by atoms with Crippen LogP contribution < -0.4 is 5.73 Å². The van der Waals surface area contributed by atoms with E-state index in [9.17, 15) is 4.79 Å². The first kappa shape index (κ1) is 22.4. The van der Waals surface area contributed by atoms with Gasteiger partial charge >= 0.3 is 0 Å². The van der Waals surface area contributed by atoms with E-state index in [0.717, 1.165) is 13.1 Å². The molecule has 0 heterocycles. The lowest BCUT2D eigenvalue weighted by molar-refractivity contribution is -0.144. The summed E-state index contributed by atoms with van der Waals surface area (Å²) in [7, 11) is 0. The van der Waals surface area contributed by atoms with Crippen LogP contribution >= 0.6 is 0 Å². The standard InChI is InChI=1S/C20H42N2O/c1-13(2)11-22(12-14(3)4)18(15(5)6)20(16(7)8,17(9)10)19(21)23/h13-18H,11-12H2,1-10H3,(H2,21,23). The predicted octanol–water partition coefficient (Wildman–Crippen LogP) is 4.41. The van der Waals surface area contributed by atoms with E-state index in [1.807, 2.05) is 0 Å². The molecule has 3 nitrogen and oxygen atoms in total. The molecule has 0 aromatic heterocycles. The molecule has 0 aromatic carbocycles. The van der Waals surface area contributed by atoms with Crippen molar-refractivity contribution >= 4 is 5.91 Å². The van der Waals surface area contributed by atoms with Gasteiger partial charge in [0.2, 0.25) is 5.91 Å². The summed E-state index contributed by atoms with van der Waals surface area (Å²) >= 11 is 0. The van der Waals surface area contributed by atoms with E-state index in [4.69, 9.17) is 5.73 Å². The Morgan fingerprint density at radius 3 is 1.35 bits per heavy atom. The van der Waals surface area contributed by atoms with E-state index in [1.165, 1.54) is 0 Å². The van der Waals surface area contributed by atoms with E-state index in [1.54, 1.807) is 0 Å². The Labute approximate surface area is 145 Å². The molecule has 0 aliphatic rings. The zero-order valence-electron chi connectivity index (χ0n) is 17.3. The number of carbonyl (C=O) groups excluding carboxylic acids is 1. The van der Waals surface area contributed by atoms with E-state index in [2.05, 4.69) is 74.1 Å². The van der Waals surface area contributed by atoms with Gasteiger partial charge in [0.25, 0.3) is 0 Å². The molecular formula is C20H42N2O. The van der Waals surface area contributed by atoms with Crippen molar-refractivity contribution in [1.29, 1.82) is 0 Å². The number of hydrogen-bond donors (Lipinski definition) is 1. The number of nitrogens with zero attached hydrogens (tertiary/aromatic N) is 1. The molecule has 0 saturated carbocycles. The molecule has 0 saturated heterocycles. The molecule has 2 N–H and O–H groups in total. The van der Waals surface area contributed by atoms with Crippen LogP contribution in [0.5, 0.6) is 0 Å². The summed E-state index contributed by atoms with van der Waals surface area (Å²) in [5, 5.41) is 0. The van der Waals surface area contributed by atoms with Gasteiger partial charge in [-0.15, -0.1) is 0 Å². The third-order valence-corrected chi connectivity index (χ3v) is 5.05. The summed E-state index contributed by atoms with van der Waals surface area (Å²) in [6, 6.07) is 0.171. The van der Waals surface area contributed by atoms with Gasteiger partial charge in [-0.1, -0.05) is 69.2 Å². The van der Waals surface area contributed by atoms with Gasteiger partial charge in [-0.2, -0.15) is 0 Å². The van der Waals surface area contributed by atoms with Gasteiger partial charge in [-0.05, 0) is 29.6 Å². The molecule has 0 aromatic rings. The van der Waals surface area contributed by atoms with Crippen molar-refractivity contribution in [3.8, 4) is 0 Å². The van der Waals surface area contributed by atoms with Crippen molar-refractivity contribution in [1.82, 2.24) is 4.90 Å². The summed E-state index contributed by atoms with van der Waals surface area (Å²) in [5.41, 5.74) is 5.54. The highest BCUT2D eigenvalue weighted by Crippen LogP contribution is 2.44. The van der Waals surface area contributed by atoms with Gasteiger partial charge in [0.1, 0.15) is 0 Å². The van der Waals surface area contributed by atoms with Crippen LogP contribution in [0.3, 0.4) is 0 Å². The highest BCUT2D eigenvalue weighted by atomic mass is 16.1. The van der Waals surface area contributed by atoms with Crippen molar-refractivity contribution in [2.45, 2.75) is 75.3 Å². The molecule has 1 atom stereocenters. The maximum absolute atomic E-state index is 12.7. The second-order valence-electron chi connectivity index (χ2n) is 9.04. The molecule has 0 aliphatic carbocycles. The van der Waals surface area contributed by atoms with Crippen molar-refractivity contribution in [2.75, 3.05) is 13.1 Å². The lowest BCUT2D eigenvalue weighted by Gasteiger charge is -2.52. The average Bonchev–Trinajstić information content (AvgIpc) is 2.31. The van der Waals surface area contributed by atoms with Crippen LogP contribution in [-0.4, -0.2) is 29.9 Å². The Hall–Kier alpha value is -0.570. The largest absolute Gasteiger partial charge is 0.369 e. The monoisotopic (exact) mass is 326 g/mol. The van der Waals surface area contributed by atoms with E-state index >= 15 is 0 Å².